The van der Waals surface area contributed by atoms with Crippen LogP contribution in [0.15, 0.2) is 30.3 Å². The fraction of sp³-hybridized carbons (Fsp3) is 0.188. The van der Waals surface area contributed by atoms with Gasteiger partial charge >= 0.3 is 0 Å². The average Bonchev–Trinajstić information content (AvgIpc) is 2.74. The van der Waals surface area contributed by atoms with Gasteiger partial charge in [-0.25, -0.2) is 4.98 Å². The summed E-state index contributed by atoms with van der Waals surface area (Å²) in [6.07, 6.45) is 0. The summed E-state index contributed by atoms with van der Waals surface area (Å²) in [5, 5.41) is 4.48. The van der Waals surface area contributed by atoms with Crippen molar-refractivity contribution in [3.63, 3.8) is 0 Å². The number of anilines is 3. The molecule has 3 N–H and O–H groups in total. The zero-order chi connectivity index (χ0) is 14.3. The van der Waals surface area contributed by atoms with Crippen LogP contribution >= 0.6 is 11.3 Å². The van der Waals surface area contributed by atoms with Crippen molar-refractivity contribution in [2.24, 2.45) is 0 Å². The fourth-order valence-corrected chi connectivity index (χ4v) is 3.10. The Morgan fingerprint density at radius 1 is 1.10 bits per heavy atom. The number of aryl methyl sites for hydroxylation is 2. The molecule has 0 unspecified atom stereocenters. The van der Waals surface area contributed by atoms with Gasteiger partial charge in [0.25, 0.3) is 0 Å². The van der Waals surface area contributed by atoms with E-state index in [1.807, 2.05) is 25.1 Å². The van der Waals surface area contributed by atoms with Crippen LogP contribution in [0, 0.1) is 20.8 Å². The third kappa shape index (κ3) is 2.23. The second-order valence-corrected chi connectivity index (χ2v) is 6.25. The van der Waals surface area contributed by atoms with Crippen molar-refractivity contribution in [2.75, 3.05) is 11.1 Å². The summed E-state index contributed by atoms with van der Waals surface area (Å²) >= 11 is 1.67. The number of nitrogens with one attached hydrogen (secondary N) is 1. The molecular weight excluding hydrogens is 266 g/mol. The van der Waals surface area contributed by atoms with Crippen molar-refractivity contribution in [3.8, 4) is 0 Å². The van der Waals surface area contributed by atoms with Crippen molar-refractivity contribution in [2.45, 2.75) is 20.8 Å². The third-order valence-electron chi connectivity index (χ3n) is 3.54. The van der Waals surface area contributed by atoms with Crippen molar-refractivity contribution in [3.05, 3.63) is 46.5 Å². The van der Waals surface area contributed by atoms with Crippen LogP contribution in [-0.4, -0.2) is 4.98 Å². The number of nitrogens with two attached hydrogens (primary N) is 1. The Morgan fingerprint density at radius 3 is 2.70 bits per heavy atom. The van der Waals surface area contributed by atoms with Gasteiger partial charge in [-0.15, -0.1) is 11.3 Å². The maximum atomic E-state index is 6.15. The number of hydrogen-bond donors (Lipinski definition) is 2. The molecule has 0 atom stereocenters. The van der Waals surface area contributed by atoms with Gasteiger partial charge in [-0.2, -0.15) is 0 Å². The first-order chi connectivity index (χ1) is 9.54. The lowest BCUT2D eigenvalue weighted by molar-refractivity contribution is 1.33. The van der Waals surface area contributed by atoms with Gasteiger partial charge in [-0.3, -0.25) is 0 Å². The van der Waals surface area contributed by atoms with Crippen LogP contribution in [0.2, 0.25) is 0 Å². The first-order valence-corrected chi connectivity index (χ1v) is 7.36. The van der Waals surface area contributed by atoms with Crippen molar-refractivity contribution in [1.82, 2.24) is 4.98 Å². The lowest BCUT2D eigenvalue weighted by atomic mass is 10.1. The SMILES string of the molecule is Cc1nc2cc(Nc3cccc(C)c3C)c(N)cc2s1. The van der Waals surface area contributed by atoms with E-state index < -0.39 is 0 Å². The number of aromatic nitrogens is 1. The molecule has 1 heterocycles. The first-order valence-electron chi connectivity index (χ1n) is 6.54. The van der Waals surface area contributed by atoms with Gasteiger partial charge in [0.2, 0.25) is 0 Å². The number of rotatable bonds is 2. The van der Waals surface area contributed by atoms with Gasteiger partial charge in [-0.05, 0) is 50.1 Å². The Labute approximate surface area is 122 Å². The maximum Gasteiger partial charge on any atom is 0.0907 e. The lowest BCUT2D eigenvalue weighted by Gasteiger charge is -2.13. The summed E-state index contributed by atoms with van der Waals surface area (Å²) < 4.78 is 1.13. The lowest BCUT2D eigenvalue weighted by Crippen LogP contribution is -1.98. The highest BCUT2D eigenvalue weighted by Crippen LogP contribution is 2.32. The molecule has 0 fully saturated rings. The molecule has 0 amide bonds. The molecule has 0 bridgehead atoms. The number of hydrogen-bond acceptors (Lipinski definition) is 4. The largest absolute Gasteiger partial charge is 0.397 e. The zero-order valence-corrected chi connectivity index (χ0v) is 12.6. The number of nitrogens with zero attached hydrogens (tertiary/aromatic N) is 1. The zero-order valence-electron chi connectivity index (χ0n) is 11.8. The summed E-state index contributed by atoms with van der Waals surface area (Å²) in [7, 11) is 0. The summed E-state index contributed by atoms with van der Waals surface area (Å²) in [6, 6.07) is 10.2. The van der Waals surface area contributed by atoms with E-state index in [0.29, 0.717) is 0 Å². The molecule has 102 valence electrons. The van der Waals surface area contributed by atoms with E-state index in [2.05, 4.69) is 36.3 Å². The summed E-state index contributed by atoms with van der Waals surface area (Å²) in [5.74, 6) is 0. The van der Waals surface area contributed by atoms with Crippen LogP contribution in [0.3, 0.4) is 0 Å². The molecule has 0 radical (unpaired) electrons. The third-order valence-corrected chi connectivity index (χ3v) is 4.47. The number of nitrogen functional groups attached to an aromatic ring is 1. The van der Waals surface area contributed by atoms with Gasteiger partial charge < -0.3 is 11.1 Å². The Hall–Kier alpha value is -2.07. The Kier molecular flexibility index (Phi) is 3.10. The van der Waals surface area contributed by atoms with E-state index in [4.69, 9.17) is 5.73 Å². The van der Waals surface area contributed by atoms with Gasteiger partial charge in [-0.1, -0.05) is 12.1 Å². The number of thiazole rings is 1. The Morgan fingerprint density at radius 2 is 1.90 bits per heavy atom. The fourth-order valence-electron chi connectivity index (χ4n) is 2.24. The van der Waals surface area contributed by atoms with E-state index >= 15 is 0 Å². The van der Waals surface area contributed by atoms with Gasteiger partial charge in [0.1, 0.15) is 0 Å². The van der Waals surface area contributed by atoms with Crippen LogP contribution < -0.4 is 11.1 Å². The highest BCUT2D eigenvalue weighted by molar-refractivity contribution is 7.18. The minimum absolute atomic E-state index is 0.752. The second-order valence-electron chi connectivity index (χ2n) is 5.01. The van der Waals surface area contributed by atoms with Gasteiger partial charge in [0, 0.05) is 5.69 Å². The van der Waals surface area contributed by atoms with Crippen LogP contribution in [0.4, 0.5) is 17.1 Å². The van der Waals surface area contributed by atoms with E-state index in [0.717, 1.165) is 32.3 Å². The summed E-state index contributed by atoms with van der Waals surface area (Å²) in [6.45, 7) is 6.23. The maximum absolute atomic E-state index is 6.15. The van der Waals surface area contributed by atoms with Crippen molar-refractivity contribution in [1.29, 1.82) is 0 Å². The molecule has 0 aliphatic heterocycles. The van der Waals surface area contributed by atoms with Crippen LogP contribution in [0.25, 0.3) is 10.2 Å². The number of benzene rings is 2. The van der Waals surface area contributed by atoms with Crippen LogP contribution in [-0.2, 0) is 0 Å². The molecule has 0 spiro atoms. The molecule has 20 heavy (non-hydrogen) atoms. The minimum Gasteiger partial charge on any atom is -0.397 e. The molecule has 3 aromatic rings. The van der Waals surface area contributed by atoms with Crippen LogP contribution in [0.1, 0.15) is 16.1 Å². The molecule has 3 nitrogen and oxygen atoms in total. The normalized spacial score (nSPS) is 10.9. The molecule has 2 aromatic carbocycles. The van der Waals surface area contributed by atoms with Gasteiger partial charge in [0.15, 0.2) is 0 Å². The molecule has 1 aromatic heterocycles. The predicted molar refractivity (Wildman–Crippen MR) is 88.0 cm³/mol. The summed E-state index contributed by atoms with van der Waals surface area (Å²) in [5.41, 5.74) is 12.4. The molecule has 3 rings (SSSR count). The second kappa shape index (κ2) is 4.80. The first kappa shape index (κ1) is 12.9. The van der Waals surface area contributed by atoms with E-state index in [1.54, 1.807) is 11.3 Å². The molecule has 0 aliphatic carbocycles. The van der Waals surface area contributed by atoms with Crippen molar-refractivity contribution < 1.29 is 0 Å². The average molecular weight is 283 g/mol. The molecule has 4 heteroatoms. The monoisotopic (exact) mass is 283 g/mol. The smallest absolute Gasteiger partial charge is 0.0907 e. The molecule has 0 aliphatic rings. The molecular formula is C16H17N3S. The standard InChI is InChI=1S/C16H17N3S/c1-9-5-4-6-13(10(9)2)19-14-8-15-16(7-12(14)17)20-11(3)18-15/h4-8,19H,17H2,1-3H3. The quantitative estimate of drug-likeness (QED) is 0.678. The summed E-state index contributed by atoms with van der Waals surface area (Å²) in [4.78, 5) is 4.52. The molecule has 0 saturated heterocycles. The Balaban J connectivity index is 2.05. The van der Waals surface area contributed by atoms with E-state index in [9.17, 15) is 0 Å². The van der Waals surface area contributed by atoms with Gasteiger partial charge in [0.05, 0.1) is 26.6 Å². The topological polar surface area (TPSA) is 50.9 Å². The highest BCUT2D eigenvalue weighted by atomic mass is 32.1. The minimum atomic E-state index is 0.752. The van der Waals surface area contributed by atoms with Crippen LogP contribution in [0.5, 0.6) is 0 Å². The van der Waals surface area contributed by atoms with Crippen molar-refractivity contribution >= 4 is 38.6 Å². The Bertz CT molecular complexity index is 790. The van der Waals surface area contributed by atoms with E-state index in [-0.39, 0.29) is 0 Å². The number of fused-ring (bicyclic) bond motifs is 1. The molecule has 0 saturated carbocycles. The van der Waals surface area contributed by atoms with E-state index in [1.165, 1.54) is 11.1 Å². The predicted octanol–water partition coefficient (Wildman–Crippen LogP) is 4.55. The highest BCUT2D eigenvalue weighted by Gasteiger charge is 2.08.